The van der Waals surface area contributed by atoms with Gasteiger partial charge in [-0.05, 0) is 24.3 Å². The average Bonchev–Trinajstić information content (AvgIpc) is 3.06. The number of nitrogens with zero attached hydrogens (tertiary/aromatic N) is 3. The molecule has 0 bridgehead atoms. The minimum atomic E-state index is -0.117. The van der Waals surface area contributed by atoms with Gasteiger partial charge in [-0.2, -0.15) is 0 Å². The first kappa shape index (κ1) is 18.5. The second-order valence-corrected chi connectivity index (χ2v) is 7.43. The molecule has 0 aliphatic heterocycles. The van der Waals surface area contributed by atoms with E-state index in [4.69, 9.17) is 16.3 Å². The van der Waals surface area contributed by atoms with Crippen LogP contribution in [0.1, 0.15) is 6.42 Å². The fourth-order valence-electron chi connectivity index (χ4n) is 2.77. The van der Waals surface area contributed by atoms with Gasteiger partial charge in [0.1, 0.15) is 11.3 Å². The van der Waals surface area contributed by atoms with E-state index in [1.54, 1.807) is 25.3 Å². The molecule has 4 aromatic rings. The number of thioether (sulfide) groups is 1. The fraction of sp³-hybridized carbons (Fsp3) is 0.158. The van der Waals surface area contributed by atoms with Crippen LogP contribution in [0.25, 0.3) is 22.1 Å². The molecule has 9 heteroatoms. The van der Waals surface area contributed by atoms with Crippen molar-refractivity contribution in [1.82, 2.24) is 20.2 Å². The molecule has 1 amide bonds. The molecule has 28 heavy (non-hydrogen) atoms. The van der Waals surface area contributed by atoms with Gasteiger partial charge in [-0.25, -0.2) is 4.98 Å². The van der Waals surface area contributed by atoms with Crippen LogP contribution < -0.4 is 10.1 Å². The smallest absolute Gasteiger partial charge is 0.225 e. The van der Waals surface area contributed by atoms with Crippen molar-refractivity contribution in [2.24, 2.45) is 0 Å². The zero-order chi connectivity index (χ0) is 19.5. The molecule has 0 radical (unpaired) electrons. The topological polar surface area (TPSA) is 92.8 Å². The number of carbonyl (C=O) groups is 1. The Kier molecular flexibility index (Phi) is 5.31. The van der Waals surface area contributed by atoms with E-state index in [2.05, 4.69) is 25.5 Å². The van der Waals surface area contributed by atoms with Crippen molar-refractivity contribution in [2.75, 3.05) is 18.2 Å². The number of para-hydroxylation sites is 1. The third-order valence-electron chi connectivity index (χ3n) is 4.10. The van der Waals surface area contributed by atoms with Crippen LogP contribution in [0.3, 0.4) is 0 Å². The number of aromatic nitrogens is 4. The molecule has 2 heterocycles. The number of H-pyrrole nitrogens is 1. The highest BCUT2D eigenvalue weighted by molar-refractivity contribution is 7.99. The summed E-state index contributed by atoms with van der Waals surface area (Å²) < 4.78 is 5.10. The Morgan fingerprint density at radius 1 is 1.25 bits per heavy atom. The van der Waals surface area contributed by atoms with Crippen molar-refractivity contribution in [3.63, 3.8) is 0 Å². The predicted octanol–water partition coefficient (Wildman–Crippen LogP) is 4.29. The van der Waals surface area contributed by atoms with Gasteiger partial charge >= 0.3 is 0 Å². The molecule has 0 saturated heterocycles. The summed E-state index contributed by atoms with van der Waals surface area (Å²) in [5, 5.41) is 13.2. The third kappa shape index (κ3) is 3.88. The molecule has 0 spiro atoms. The molecule has 0 saturated carbocycles. The Bertz CT molecular complexity index is 1160. The second-order valence-electron chi connectivity index (χ2n) is 5.96. The van der Waals surface area contributed by atoms with Crippen LogP contribution >= 0.6 is 23.4 Å². The number of hydrogen-bond acceptors (Lipinski definition) is 6. The average molecular weight is 414 g/mol. The number of fused-ring (bicyclic) bond motifs is 3. The summed E-state index contributed by atoms with van der Waals surface area (Å²) >= 11 is 7.45. The number of amides is 1. The van der Waals surface area contributed by atoms with Crippen LogP contribution in [-0.2, 0) is 4.79 Å². The quantitative estimate of drug-likeness (QED) is 0.458. The van der Waals surface area contributed by atoms with Gasteiger partial charge in [-0.3, -0.25) is 4.79 Å². The van der Waals surface area contributed by atoms with Gasteiger partial charge < -0.3 is 15.0 Å². The molecule has 2 N–H and O–H groups in total. The van der Waals surface area contributed by atoms with E-state index in [1.165, 1.54) is 11.8 Å². The largest absolute Gasteiger partial charge is 0.495 e. The zero-order valence-electron chi connectivity index (χ0n) is 14.9. The second kappa shape index (κ2) is 8.04. The lowest BCUT2D eigenvalue weighted by molar-refractivity contribution is -0.115. The van der Waals surface area contributed by atoms with Crippen molar-refractivity contribution in [3.05, 3.63) is 47.5 Å². The van der Waals surface area contributed by atoms with Crippen LogP contribution in [0.2, 0.25) is 5.02 Å². The minimum absolute atomic E-state index is 0.117. The lowest BCUT2D eigenvalue weighted by Crippen LogP contribution is -2.12. The van der Waals surface area contributed by atoms with Crippen LogP contribution in [0.4, 0.5) is 5.69 Å². The maximum Gasteiger partial charge on any atom is 0.225 e. The molecule has 0 unspecified atom stereocenters. The number of carbonyl (C=O) groups excluding carboxylic acids is 1. The summed E-state index contributed by atoms with van der Waals surface area (Å²) in [6.45, 7) is 0. The molecule has 2 aromatic carbocycles. The van der Waals surface area contributed by atoms with Gasteiger partial charge in [0.15, 0.2) is 5.65 Å². The number of halogens is 1. The monoisotopic (exact) mass is 413 g/mol. The summed E-state index contributed by atoms with van der Waals surface area (Å²) in [6.07, 6.45) is 0.308. The van der Waals surface area contributed by atoms with E-state index in [0.717, 1.165) is 16.4 Å². The molecule has 0 fully saturated rings. The van der Waals surface area contributed by atoms with E-state index in [0.29, 0.717) is 39.4 Å². The van der Waals surface area contributed by atoms with Crippen molar-refractivity contribution in [2.45, 2.75) is 11.6 Å². The normalized spacial score (nSPS) is 11.1. The molecular weight excluding hydrogens is 398 g/mol. The number of methoxy groups -OCH3 is 1. The van der Waals surface area contributed by atoms with E-state index in [9.17, 15) is 4.79 Å². The zero-order valence-corrected chi connectivity index (χ0v) is 16.5. The highest BCUT2D eigenvalue weighted by Gasteiger charge is 2.10. The minimum Gasteiger partial charge on any atom is -0.495 e. The Balaban J connectivity index is 1.36. The van der Waals surface area contributed by atoms with E-state index in [-0.39, 0.29) is 5.91 Å². The molecule has 7 nitrogen and oxygen atoms in total. The van der Waals surface area contributed by atoms with Crippen LogP contribution in [0.5, 0.6) is 5.75 Å². The molecule has 142 valence electrons. The number of ether oxygens (including phenoxy) is 1. The van der Waals surface area contributed by atoms with E-state index < -0.39 is 0 Å². The standard InChI is InChI=1S/C19H16ClN5O2S/c1-27-15-7-6-11(10-13(15)20)21-16(26)8-9-28-19-23-18-17(24-25-19)12-4-2-3-5-14(12)22-18/h2-7,10H,8-9H2,1H3,(H,21,26)(H,22,23,25). The molecular formula is C19H16ClN5O2S. The number of rotatable bonds is 6. The lowest BCUT2D eigenvalue weighted by atomic mass is 10.2. The summed E-state index contributed by atoms with van der Waals surface area (Å²) in [6, 6.07) is 13.0. The van der Waals surface area contributed by atoms with E-state index >= 15 is 0 Å². The number of hydrogen-bond donors (Lipinski definition) is 2. The Hall–Kier alpha value is -2.84. The Morgan fingerprint density at radius 2 is 2.11 bits per heavy atom. The first-order valence-electron chi connectivity index (χ1n) is 8.51. The van der Waals surface area contributed by atoms with Crippen molar-refractivity contribution < 1.29 is 9.53 Å². The van der Waals surface area contributed by atoms with Gasteiger partial charge in [-0.15, -0.1) is 10.2 Å². The summed E-state index contributed by atoms with van der Waals surface area (Å²) in [7, 11) is 1.54. The Labute approximate surface area is 169 Å². The lowest BCUT2D eigenvalue weighted by Gasteiger charge is -2.07. The number of benzene rings is 2. The SMILES string of the molecule is COc1ccc(NC(=O)CCSc2nnc3c(n2)[nH]c2ccccc23)cc1Cl. The maximum absolute atomic E-state index is 12.1. The van der Waals surface area contributed by atoms with Crippen molar-refractivity contribution in [3.8, 4) is 5.75 Å². The van der Waals surface area contributed by atoms with Crippen LogP contribution in [0, 0.1) is 0 Å². The number of aromatic amines is 1. The van der Waals surface area contributed by atoms with Gasteiger partial charge in [-0.1, -0.05) is 41.6 Å². The fourth-order valence-corrected chi connectivity index (χ4v) is 3.75. The third-order valence-corrected chi connectivity index (χ3v) is 5.23. The highest BCUT2D eigenvalue weighted by Crippen LogP contribution is 2.27. The molecule has 4 rings (SSSR count). The first-order valence-corrected chi connectivity index (χ1v) is 9.88. The van der Waals surface area contributed by atoms with Gasteiger partial charge in [0.25, 0.3) is 0 Å². The van der Waals surface area contributed by atoms with Crippen molar-refractivity contribution >= 4 is 57.0 Å². The van der Waals surface area contributed by atoms with Gasteiger partial charge in [0.05, 0.1) is 12.1 Å². The number of nitrogens with one attached hydrogen (secondary N) is 2. The maximum atomic E-state index is 12.1. The van der Waals surface area contributed by atoms with Crippen LogP contribution in [-0.4, -0.2) is 38.9 Å². The summed E-state index contributed by atoms with van der Waals surface area (Å²) in [5.74, 6) is 0.976. The van der Waals surface area contributed by atoms with Gasteiger partial charge in [0, 0.05) is 28.8 Å². The summed E-state index contributed by atoms with van der Waals surface area (Å²) in [4.78, 5) is 19.9. The molecule has 0 atom stereocenters. The highest BCUT2D eigenvalue weighted by atomic mass is 35.5. The first-order chi connectivity index (χ1) is 13.6. The van der Waals surface area contributed by atoms with Gasteiger partial charge in [0.2, 0.25) is 11.1 Å². The van der Waals surface area contributed by atoms with Crippen molar-refractivity contribution in [1.29, 1.82) is 0 Å². The molecule has 2 aromatic heterocycles. The Morgan fingerprint density at radius 3 is 2.93 bits per heavy atom. The summed E-state index contributed by atoms with van der Waals surface area (Å²) in [5.41, 5.74) is 3.03. The molecule has 0 aliphatic carbocycles. The molecule has 0 aliphatic rings. The van der Waals surface area contributed by atoms with E-state index in [1.807, 2.05) is 24.3 Å². The predicted molar refractivity (Wildman–Crippen MR) is 111 cm³/mol. The number of anilines is 1. The van der Waals surface area contributed by atoms with Crippen LogP contribution in [0.15, 0.2) is 47.6 Å².